The second-order valence-corrected chi connectivity index (χ2v) is 4.63. The molecule has 0 saturated carbocycles. The Bertz CT molecular complexity index is 363. The molecule has 3 N–H and O–H groups in total. The quantitative estimate of drug-likeness (QED) is 0.269. The van der Waals surface area contributed by atoms with E-state index in [1.54, 1.807) is 0 Å². The van der Waals surface area contributed by atoms with Crippen molar-refractivity contribution >= 4 is 17.7 Å². The molecule has 0 aliphatic rings. The first-order valence-electron chi connectivity index (χ1n) is 5.06. The summed E-state index contributed by atoms with van der Waals surface area (Å²) in [6.45, 7) is 5.74. The third kappa shape index (κ3) is 3.46. The van der Waals surface area contributed by atoms with E-state index >= 15 is 0 Å². The molecule has 16 heavy (non-hydrogen) atoms. The van der Waals surface area contributed by atoms with Crippen LogP contribution in [0.2, 0.25) is 0 Å². The highest BCUT2D eigenvalue weighted by Crippen LogP contribution is 2.22. The Kier molecular flexibility index (Phi) is 4.70. The summed E-state index contributed by atoms with van der Waals surface area (Å²) in [6, 6.07) is 1.90. The van der Waals surface area contributed by atoms with Crippen LogP contribution in [-0.2, 0) is 4.79 Å². The van der Waals surface area contributed by atoms with E-state index in [0.29, 0.717) is 11.6 Å². The molecule has 5 nitrogen and oxygen atoms in total. The summed E-state index contributed by atoms with van der Waals surface area (Å²) in [5, 5.41) is 0.374. The van der Waals surface area contributed by atoms with E-state index in [1.165, 1.54) is 11.8 Å². The Morgan fingerprint density at radius 3 is 2.50 bits per heavy atom. The molecule has 1 aromatic rings. The zero-order valence-electron chi connectivity index (χ0n) is 9.65. The zero-order chi connectivity index (χ0) is 12.1. The molecule has 0 saturated heterocycles. The first-order valence-corrected chi connectivity index (χ1v) is 5.94. The Morgan fingerprint density at radius 2 is 2.06 bits per heavy atom. The number of carbonyl (C=O) groups excluding carboxylic acids is 1. The van der Waals surface area contributed by atoms with Crippen molar-refractivity contribution < 1.29 is 4.79 Å². The highest BCUT2D eigenvalue weighted by Gasteiger charge is 2.18. The maximum atomic E-state index is 11.4. The molecule has 6 heteroatoms. The van der Waals surface area contributed by atoms with Crippen LogP contribution in [0.15, 0.2) is 11.2 Å². The zero-order valence-corrected chi connectivity index (χ0v) is 10.5. The van der Waals surface area contributed by atoms with Gasteiger partial charge < -0.3 is 0 Å². The Balaban J connectivity index is 2.81. The van der Waals surface area contributed by atoms with Crippen LogP contribution in [0.3, 0.4) is 0 Å². The van der Waals surface area contributed by atoms with E-state index in [4.69, 9.17) is 5.84 Å². The molecule has 1 heterocycles. The highest BCUT2D eigenvalue weighted by molar-refractivity contribution is 8.00. The number of nitrogens with zero attached hydrogens (tertiary/aromatic N) is 2. The second kappa shape index (κ2) is 5.81. The number of hydrogen-bond donors (Lipinski definition) is 2. The molecule has 1 aromatic heterocycles. The fourth-order valence-electron chi connectivity index (χ4n) is 1.29. The molecular weight excluding hydrogens is 224 g/mol. The minimum atomic E-state index is -0.244. The average molecular weight is 240 g/mol. The Morgan fingerprint density at radius 1 is 1.50 bits per heavy atom. The number of amides is 1. The third-order valence-electron chi connectivity index (χ3n) is 2.01. The van der Waals surface area contributed by atoms with Crippen molar-refractivity contribution in [3.05, 3.63) is 17.5 Å². The number of carbonyl (C=O) groups is 1. The second-order valence-electron chi connectivity index (χ2n) is 3.46. The topological polar surface area (TPSA) is 80.9 Å². The van der Waals surface area contributed by atoms with E-state index in [0.717, 1.165) is 11.4 Å². The van der Waals surface area contributed by atoms with Crippen LogP contribution in [0.25, 0.3) is 0 Å². The van der Waals surface area contributed by atoms with E-state index in [-0.39, 0.29) is 11.2 Å². The molecule has 0 aromatic carbocycles. The van der Waals surface area contributed by atoms with Gasteiger partial charge in [0.25, 0.3) is 0 Å². The summed E-state index contributed by atoms with van der Waals surface area (Å²) in [6.07, 6.45) is 0.685. The van der Waals surface area contributed by atoms with Crippen LogP contribution in [0.1, 0.15) is 24.7 Å². The predicted molar refractivity (Wildman–Crippen MR) is 63.8 cm³/mol. The normalized spacial score (nSPS) is 12.2. The van der Waals surface area contributed by atoms with Gasteiger partial charge in [0.2, 0.25) is 5.91 Å². The lowest BCUT2D eigenvalue weighted by Gasteiger charge is -2.11. The maximum Gasteiger partial charge on any atom is 0.247 e. The van der Waals surface area contributed by atoms with E-state index in [1.807, 2.05) is 26.8 Å². The number of aromatic nitrogens is 2. The van der Waals surface area contributed by atoms with Crippen LogP contribution in [0.4, 0.5) is 0 Å². The molecule has 0 spiro atoms. The lowest BCUT2D eigenvalue weighted by atomic mass is 10.3. The number of thioether (sulfide) groups is 1. The number of nitrogens with one attached hydrogen (secondary N) is 1. The van der Waals surface area contributed by atoms with Crippen molar-refractivity contribution in [1.29, 1.82) is 0 Å². The van der Waals surface area contributed by atoms with Crippen LogP contribution in [-0.4, -0.2) is 21.1 Å². The van der Waals surface area contributed by atoms with Crippen molar-refractivity contribution in [2.24, 2.45) is 5.84 Å². The van der Waals surface area contributed by atoms with E-state index < -0.39 is 0 Å². The fourth-order valence-corrected chi connectivity index (χ4v) is 2.28. The summed E-state index contributed by atoms with van der Waals surface area (Å²) in [7, 11) is 0. The van der Waals surface area contributed by atoms with Gasteiger partial charge in [-0.25, -0.2) is 15.8 Å². The van der Waals surface area contributed by atoms with Gasteiger partial charge in [0.1, 0.15) is 0 Å². The van der Waals surface area contributed by atoms with E-state index in [9.17, 15) is 4.79 Å². The molecule has 88 valence electrons. The smallest absolute Gasteiger partial charge is 0.247 e. The predicted octanol–water partition coefficient (Wildman–Crippen LogP) is 0.954. The standard InChI is InChI=1S/C10H16N4OS/c1-4-8(9(15)14-11)16-10-12-6(2)5-7(3)13-10/h5,8H,4,11H2,1-3H3,(H,14,15). The summed E-state index contributed by atoms with van der Waals surface area (Å²) >= 11 is 1.34. The molecule has 0 bridgehead atoms. The van der Waals surface area contributed by atoms with Gasteiger partial charge in [0.05, 0.1) is 5.25 Å². The Hall–Kier alpha value is -1.14. The summed E-state index contributed by atoms with van der Waals surface area (Å²) in [4.78, 5) is 19.9. The third-order valence-corrected chi connectivity index (χ3v) is 3.24. The number of hydrogen-bond acceptors (Lipinski definition) is 5. The van der Waals surface area contributed by atoms with Gasteiger partial charge in [0.15, 0.2) is 5.16 Å². The number of rotatable bonds is 4. The first-order chi connectivity index (χ1) is 7.56. The lowest BCUT2D eigenvalue weighted by molar-refractivity contribution is -0.120. The summed E-state index contributed by atoms with van der Waals surface area (Å²) < 4.78 is 0. The number of nitrogens with two attached hydrogens (primary N) is 1. The molecule has 0 aliphatic carbocycles. The molecule has 0 fully saturated rings. The van der Waals surface area contributed by atoms with Crippen LogP contribution < -0.4 is 11.3 Å². The molecule has 1 atom stereocenters. The largest absolute Gasteiger partial charge is 0.293 e. The molecule has 0 aliphatic heterocycles. The molecule has 1 rings (SSSR count). The van der Waals surface area contributed by atoms with Gasteiger partial charge >= 0.3 is 0 Å². The minimum Gasteiger partial charge on any atom is -0.293 e. The number of aryl methyl sites for hydroxylation is 2. The highest BCUT2D eigenvalue weighted by atomic mass is 32.2. The van der Waals surface area contributed by atoms with Gasteiger partial charge in [-0.05, 0) is 26.3 Å². The van der Waals surface area contributed by atoms with Gasteiger partial charge in [-0.15, -0.1) is 0 Å². The van der Waals surface area contributed by atoms with Crippen molar-refractivity contribution in [3.63, 3.8) is 0 Å². The lowest BCUT2D eigenvalue weighted by Crippen LogP contribution is -2.37. The van der Waals surface area contributed by atoms with Crippen molar-refractivity contribution in [3.8, 4) is 0 Å². The van der Waals surface area contributed by atoms with Crippen LogP contribution in [0, 0.1) is 13.8 Å². The van der Waals surface area contributed by atoms with Gasteiger partial charge in [-0.1, -0.05) is 18.7 Å². The SMILES string of the molecule is CCC(Sc1nc(C)cc(C)n1)C(=O)NN. The summed E-state index contributed by atoms with van der Waals surface area (Å²) in [5.74, 6) is 4.91. The first kappa shape index (κ1) is 12.9. The maximum absolute atomic E-state index is 11.4. The minimum absolute atomic E-state index is 0.199. The van der Waals surface area contributed by atoms with Crippen LogP contribution in [0.5, 0.6) is 0 Å². The van der Waals surface area contributed by atoms with Crippen molar-refractivity contribution in [2.45, 2.75) is 37.6 Å². The fraction of sp³-hybridized carbons (Fsp3) is 0.500. The van der Waals surface area contributed by atoms with Gasteiger partial charge in [-0.2, -0.15) is 0 Å². The van der Waals surface area contributed by atoms with Crippen molar-refractivity contribution in [1.82, 2.24) is 15.4 Å². The Labute approximate surface area is 99.2 Å². The van der Waals surface area contributed by atoms with Gasteiger partial charge in [0, 0.05) is 11.4 Å². The summed E-state index contributed by atoms with van der Waals surface area (Å²) in [5.41, 5.74) is 3.95. The van der Waals surface area contributed by atoms with Crippen molar-refractivity contribution in [2.75, 3.05) is 0 Å². The van der Waals surface area contributed by atoms with Crippen LogP contribution >= 0.6 is 11.8 Å². The number of hydrazine groups is 1. The molecule has 0 radical (unpaired) electrons. The molecule has 1 unspecified atom stereocenters. The monoisotopic (exact) mass is 240 g/mol. The van der Waals surface area contributed by atoms with E-state index in [2.05, 4.69) is 15.4 Å². The van der Waals surface area contributed by atoms with Gasteiger partial charge in [-0.3, -0.25) is 10.2 Å². The average Bonchev–Trinajstić information content (AvgIpc) is 2.23. The molecule has 1 amide bonds. The molecular formula is C10H16N4OS.